The van der Waals surface area contributed by atoms with Crippen LogP contribution in [0.3, 0.4) is 0 Å². The molecule has 31 heavy (non-hydrogen) atoms. The fraction of sp³-hybridized carbons (Fsp3) is 0.292. The third-order valence-corrected chi connectivity index (χ3v) is 5.94. The number of hydrogen-bond donors (Lipinski definition) is 1. The number of ether oxygens (including phenoxy) is 1. The number of methoxy groups -OCH3 is 1. The van der Waals surface area contributed by atoms with Gasteiger partial charge in [0.25, 0.3) is 5.91 Å². The van der Waals surface area contributed by atoms with Crippen LogP contribution in [0.1, 0.15) is 38.8 Å². The van der Waals surface area contributed by atoms with Crippen LogP contribution in [0.2, 0.25) is 5.15 Å². The summed E-state index contributed by atoms with van der Waals surface area (Å²) in [6, 6.07) is 15.4. The Kier molecular flexibility index (Phi) is 6.08. The number of likely N-dealkylation sites (tertiary alicyclic amines) is 1. The van der Waals surface area contributed by atoms with Crippen molar-refractivity contribution in [3.05, 3.63) is 75.7 Å². The number of hydrogen-bond acceptors (Lipinski definition) is 4. The second kappa shape index (κ2) is 8.93. The zero-order valence-electron chi connectivity index (χ0n) is 17.5. The van der Waals surface area contributed by atoms with E-state index in [1.165, 1.54) is 0 Å². The molecule has 0 spiro atoms. The predicted molar refractivity (Wildman–Crippen MR) is 119 cm³/mol. The first-order chi connectivity index (χ1) is 15.0. The minimum absolute atomic E-state index is 0.00240. The number of nitriles is 1. The summed E-state index contributed by atoms with van der Waals surface area (Å²) in [7, 11) is 1.65. The second-order valence-corrected chi connectivity index (χ2v) is 8.14. The van der Waals surface area contributed by atoms with Crippen LogP contribution < -0.4 is 0 Å². The number of aromatic amines is 1. The van der Waals surface area contributed by atoms with E-state index < -0.39 is 0 Å². The van der Waals surface area contributed by atoms with Crippen molar-refractivity contribution < 1.29 is 9.53 Å². The lowest BCUT2D eigenvalue weighted by Crippen LogP contribution is -2.48. The summed E-state index contributed by atoms with van der Waals surface area (Å²) in [5.74, 6) is 1.05. The van der Waals surface area contributed by atoms with Gasteiger partial charge in [-0.3, -0.25) is 4.79 Å². The van der Waals surface area contributed by atoms with Crippen LogP contribution in [0.5, 0.6) is 0 Å². The number of aromatic nitrogens is 2. The maximum absolute atomic E-state index is 13.0. The van der Waals surface area contributed by atoms with Gasteiger partial charge in [-0.1, -0.05) is 29.8 Å². The number of benzene rings is 2. The highest BCUT2D eigenvalue weighted by molar-refractivity contribution is 6.32. The number of rotatable bonds is 6. The summed E-state index contributed by atoms with van der Waals surface area (Å²) in [6.45, 7) is 3.86. The molecule has 2 heterocycles. The summed E-state index contributed by atoms with van der Waals surface area (Å²) >= 11 is 6.40. The van der Waals surface area contributed by atoms with E-state index >= 15 is 0 Å². The smallest absolute Gasteiger partial charge is 0.253 e. The Morgan fingerprint density at radius 3 is 2.71 bits per heavy atom. The Labute approximate surface area is 186 Å². The zero-order valence-corrected chi connectivity index (χ0v) is 18.2. The van der Waals surface area contributed by atoms with Crippen molar-refractivity contribution in [1.29, 1.82) is 5.26 Å². The summed E-state index contributed by atoms with van der Waals surface area (Å²) in [5.41, 5.74) is 4.92. The standard InChI is InChI=1S/C24H23ClN4O2/c1-15-3-6-18(11-20(15)22-23(25)28-21(27-22)9-10-31-2)24(30)29-13-19(14-29)17-7-4-16(12-26)5-8-17/h3-8,11,19H,9-10,13-14H2,1-2H3,(H,27,28). The number of H-pyrrole nitrogens is 1. The predicted octanol–water partition coefficient (Wildman–Crippen LogP) is 4.34. The topological polar surface area (TPSA) is 82.0 Å². The van der Waals surface area contributed by atoms with Gasteiger partial charge in [0.1, 0.15) is 16.7 Å². The van der Waals surface area contributed by atoms with E-state index in [1.807, 2.05) is 54.3 Å². The van der Waals surface area contributed by atoms with Crippen molar-refractivity contribution in [2.75, 3.05) is 26.8 Å². The fourth-order valence-corrected chi connectivity index (χ4v) is 4.02. The van der Waals surface area contributed by atoms with Gasteiger partial charge in [-0.05, 0) is 42.3 Å². The molecule has 7 heteroatoms. The van der Waals surface area contributed by atoms with Gasteiger partial charge in [-0.2, -0.15) is 5.26 Å². The summed E-state index contributed by atoms with van der Waals surface area (Å²) < 4.78 is 5.10. The molecule has 0 saturated carbocycles. The molecule has 4 rings (SSSR count). The van der Waals surface area contributed by atoms with Gasteiger partial charge in [-0.15, -0.1) is 0 Å². The van der Waals surface area contributed by atoms with Crippen molar-refractivity contribution in [2.24, 2.45) is 0 Å². The lowest BCUT2D eigenvalue weighted by molar-refractivity contribution is 0.0602. The van der Waals surface area contributed by atoms with Gasteiger partial charge in [0, 0.05) is 43.7 Å². The molecule has 0 bridgehead atoms. The zero-order chi connectivity index (χ0) is 22.0. The van der Waals surface area contributed by atoms with Gasteiger partial charge in [-0.25, -0.2) is 4.98 Å². The first-order valence-electron chi connectivity index (χ1n) is 10.1. The molecule has 1 amide bonds. The molecule has 1 N–H and O–H groups in total. The fourth-order valence-electron chi connectivity index (χ4n) is 3.77. The average Bonchev–Trinajstić information content (AvgIpc) is 3.12. The van der Waals surface area contributed by atoms with Crippen LogP contribution in [-0.2, 0) is 11.2 Å². The first-order valence-corrected chi connectivity index (χ1v) is 10.5. The first kappa shape index (κ1) is 21.1. The number of amides is 1. The molecule has 1 aromatic heterocycles. The lowest BCUT2D eigenvalue weighted by Gasteiger charge is -2.39. The van der Waals surface area contributed by atoms with Crippen molar-refractivity contribution in [3.8, 4) is 17.3 Å². The molecule has 0 radical (unpaired) electrons. The quantitative estimate of drug-likeness (QED) is 0.625. The van der Waals surface area contributed by atoms with Crippen molar-refractivity contribution in [2.45, 2.75) is 19.3 Å². The average molecular weight is 435 g/mol. The van der Waals surface area contributed by atoms with Crippen molar-refractivity contribution >= 4 is 17.5 Å². The monoisotopic (exact) mass is 434 g/mol. The van der Waals surface area contributed by atoms with Crippen LogP contribution in [0.4, 0.5) is 0 Å². The Bertz CT molecular complexity index is 1140. The Hall–Kier alpha value is -3.14. The number of carbonyl (C=O) groups excluding carboxylic acids is 1. The third-order valence-electron chi connectivity index (χ3n) is 5.67. The van der Waals surface area contributed by atoms with E-state index in [-0.39, 0.29) is 5.91 Å². The molecule has 0 unspecified atom stereocenters. The number of imidazole rings is 1. The Balaban J connectivity index is 1.49. The molecule has 1 aliphatic heterocycles. The second-order valence-electron chi connectivity index (χ2n) is 7.76. The van der Waals surface area contributed by atoms with E-state index in [1.54, 1.807) is 7.11 Å². The molecule has 0 atom stereocenters. The van der Waals surface area contributed by atoms with Crippen LogP contribution in [0.25, 0.3) is 11.3 Å². The highest BCUT2D eigenvalue weighted by atomic mass is 35.5. The number of nitrogens with one attached hydrogen (secondary N) is 1. The molecule has 1 saturated heterocycles. The van der Waals surface area contributed by atoms with E-state index in [2.05, 4.69) is 16.0 Å². The Morgan fingerprint density at radius 1 is 1.29 bits per heavy atom. The van der Waals surface area contributed by atoms with Gasteiger partial charge in [0.05, 0.1) is 18.2 Å². The molecule has 0 aliphatic carbocycles. The number of halogens is 1. The van der Waals surface area contributed by atoms with Gasteiger partial charge in [0.2, 0.25) is 0 Å². The van der Waals surface area contributed by atoms with Crippen molar-refractivity contribution in [1.82, 2.24) is 14.9 Å². The third kappa shape index (κ3) is 4.34. The normalized spacial score (nSPS) is 13.7. The van der Waals surface area contributed by atoms with E-state index in [4.69, 9.17) is 21.6 Å². The maximum atomic E-state index is 13.0. The summed E-state index contributed by atoms with van der Waals surface area (Å²) in [4.78, 5) is 22.6. The molecule has 2 aromatic carbocycles. The number of aryl methyl sites for hydroxylation is 1. The molecular weight excluding hydrogens is 412 g/mol. The molecule has 3 aromatic rings. The lowest BCUT2D eigenvalue weighted by atomic mass is 9.90. The van der Waals surface area contributed by atoms with Crippen LogP contribution in [0.15, 0.2) is 42.5 Å². The SMILES string of the molecule is COCCc1nc(-c2cc(C(=O)N3CC(c4ccc(C#N)cc4)C3)ccc2C)c(Cl)[nH]1. The minimum Gasteiger partial charge on any atom is -0.384 e. The number of carbonyl (C=O) groups is 1. The van der Waals surface area contributed by atoms with E-state index in [0.29, 0.717) is 54.0 Å². The summed E-state index contributed by atoms with van der Waals surface area (Å²) in [6.07, 6.45) is 0.637. The van der Waals surface area contributed by atoms with Gasteiger partial charge in [0.15, 0.2) is 0 Å². The molecular formula is C24H23ClN4O2. The molecule has 6 nitrogen and oxygen atoms in total. The number of nitrogens with zero attached hydrogens (tertiary/aromatic N) is 3. The van der Waals surface area contributed by atoms with Crippen LogP contribution in [0, 0.1) is 18.3 Å². The maximum Gasteiger partial charge on any atom is 0.253 e. The van der Waals surface area contributed by atoms with Crippen LogP contribution in [-0.4, -0.2) is 47.6 Å². The molecule has 1 fully saturated rings. The Morgan fingerprint density at radius 2 is 2.03 bits per heavy atom. The van der Waals surface area contributed by atoms with E-state index in [9.17, 15) is 4.79 Å². The highest BCUT2D eigenvalue weighted by Gasteiger charge is 2.32. The summed E-state index contributed by atoms with van der Waals surface area (Å²) in [5, 5.41) is 9.40. The van der Waals surface area contributed by atoms with Gasteiger partial charge < -0.3 is 14.6 Å². The minimum atomic E-state index is -0.00240. The van der Waals surface area contributed by atoms with Crippen LogP contribution >= 0.6 is 11.6 Å². The van der Waals surface area contributed by atoms with E-state index in [0.717, 1.165) is 22.5 Å². The highest BCUT2D eigenvalue weighted by Crippen LogP contribution is 2.32. The molecule has 158 valence electrons. The molecule has 1 aliphatic rings. The van der Waals surface area contributed by atoms with Gasteiger partial charge >= 0.3 is 0 Å². The largest absolute Gasteiger partial charge is 0.384 e. The van der Waals surface area contributed by atoms with Crippen molar-refractivity contribution in [3.63, 3.8) is 0 Å².